The maximum atomic E-state index is 6.10. The van der Waals surface area contributed by atoms with Crippen molar-refractivity contribution in [3.05, 3.63) is 46.8 Å². The fourth-order valence-electron chi connectivity index (χ4n) is 2.19. The monoisotopic (exact) mass is 214 g/mol. The second-order valence-electron chi connectivity index (χ2n) is 4.35. The lowest BCUT2D eigenvalue weighted by Gasteiger charge is -2.18. The van der Waals surface area contributed by atoms with Crippen molar-refractivity contribution in [2.45, 2.75) is 27.7 Å². The third-order valence-electron chi connectivity index (χ3n) is 3.51. The molecule has 0 bridgehead atoms. The van der Waals surface area contributed by atoms with Crippen LogP contribution in [-0.2, 0) is 0 Å². The van der Waals surface area contributed by atoms with Crippen molar-refractivity contribution in [3.8, 4) is 5.69 Å². The van der Waals surface area contributed by atoms with Crippen molar-refractivity contribution < 1.29 is 0 Å². The van der Waals surface area contributed by atoms with Gasteiger partial charge in [0.25, 0.3) is 0 Å². The van der Waals surface area contributed by atoms with Gasteiger partial charge in [0, 0.05) is 18.1 Å². The van der Waals surface area contributed by atoms with Crippen LogP contribution < -0.4 is 5.73 Å². The molecule has 2 heteroatoms. The molecular weight excluding hydrogens is 196 g/mol. The van der Waals surface area contributed by atoms with E-state index in [1.165, 1.54) is 27.9 Å². The second kappa shape index (κ2) is 3.71. The number of aromatic nitrogens is 1. The lowest BCUT2D eigenvalue weighted by atomic mass is 9.96. The van der Waals surface area contributed by atoms with E-state index in [2.05, 4.69) is 44.7 Å². The van der Waals surface area contributed by atoms with Crippen molar-refractivity contribution in [2.24, 2.45) is 0 Å². The van der Waals surface area contributed by atoms with Gasteiger partial charge in [-0.25, -0.2) is 0 Å². The normalized spacial score (nSPS) is 10.8. The Morgan fingerprint density at radius 2 is 1.25 bits per heavy atom. The Bertz CT molecular complexity index is 493. The molecule has 0 unspecified atom stereocenters. The lowest BCUT2D eigenvalue weighted by molar-refractivity contribution is 1.02. The summed E-state index contributed by atoms with van der Waals surface area (Å²) in [5.74, 6) is 0. The van der Waals surface area contributed by atoms with Gasteiger partial charge in [-0.15, -0.1) is 0 Å². The van der Waals surface area contributed by atoms with E-state index in [0.29, 0.717) is 0 Å². The van der Waals surface area contributed by atoms with Crippen LogP contribution in [0.5, 0.6) is 0 Å². The number of rotatable bonds is 1. The standard InChI is InChI=1S/C14H18N2/c1-9-11(3)14(16-7-5-6-8-16)12(4)10(2)13(9)15/h5-8H,15H2,1-4H3. The molecule has 2 rings (SSSR count). The molecule has 0 atom stereocenters. The molecule has 0 saturated heterocycles. The summed E-state index contributed by atoms with van der Waals surface area (Å²) in [5, 5.41) is 0. The summed E-state index contributed by atoms with van der Waals surface area (Å²) in [4.78, 5) is 0. The minimum atomic E-state index is 0.922. The number of hydrogen-bond acceptors (Lipinski definition) is 1. The van der Waals surface area contributed by atoms with E-state index in [4.69, 9.17) is 5.73 Å². The van der Waals surface area contributed by atoms with Crippen LogP contribution in [0.15, 0.2) is 24.5 Å². The van der Waals surface area contributed by atoms with Crippen molar-refractivity contribution in [1.82, 2.24) is 4.57 Å². The van der Waals surface area contributed by atoms with E-state index >= 15 is 0 Å². The molecule has 1 aromatic carbocycles. The first-order valence-corrected chi connectivity index (χ1v) is 5.53. The molecule has 0 aliphatic rings. The van der Waals surface area contributed by atoms with Gasteiger partial charge in [-0.2, -0.15) is 0 Å². The van der Waals surface area contributed by atoms with Crippen molar-refractivity contribution in [3.63, 3.8) is 0 Å². The van der Waals surface area contributed by atoms with E-state index in [1.54, 1.807) is 0 Å². The van der Waals surface area contributed by atoms with Crippen LogP contribution in [0.2, 0.25) is 0 Å². The highest BCUT2D eigenvalue weighted by atomic mass is 14.9. The zero-order chi connectivity index (χ0) is 11.9. The topological polar surface area (TPSA) is 30.9 Å². The van der Waals surface area contributed by atoms with Crippen molar-refractivity contribution in [2.75, 3.05) is 5.73 Å². The van der Waals surface area contributed by atoms with Gasteiger partial charge < -0.3 is 10.3 Å². The maximum Gasteiger partial charge on any atom is 0.0514 e. The Balaban J connectivity index is 2.81. The van der Waals surface area contributed by atoms with Crippen LogP contribution in [0, 0.1) is 27.7 Å². The quantitative estimate of drug-likeness (QED) is 0.725. The summed E-state index contributed by atoms with van der Waals surface area (Å²) < 4.78 is 2.16. The first kappa shape index (κ1) is 10.8. The van der Waals surface area contributed by atoms with Crippen LogP contribution in [0.1, 0.15) is 22.3 Å². The average Bonchev–Trinajstić information content (AvgIpc) is 2.77. The molecule has 2 aromatic rings. The predicted octanol–water partition coefficient (Wildman–Crippen LogP) is 3.29. The molecule has 2 N–H and O–H groups in total. The summed E-state index contributed by atoms with van der Waals surface area (Å²) >= 11 is 0. The molecule has 0 aliphatic heterocycles. The number of anilines is 1. The Kier molecular flexibility index (Phi) is 2.50. The van der Waals surface area contributed by atoms with Crippen molar-refractivity contribution in [1.29, 1.82) is 0 Å². The molecule has 0 amide bonds. The zero-order valence-electron chi connectivity index (χ0n) is 10.3. The van der Waals surface area contributed by atoms with Crippen LogP contribution in [0.3, 0.4) is 0 Å². The van der Waals surface area contributed by atoms with Gasteiger partial charge in [-0.3, -0.25) is 0 Å². The second-order valence-corrected chi connectivity index (χ2v) is 4.35. The molecule has 0 spiro atoms. The number of hydrogen-bond donors (Lipinski definition) is 1. The Morgan fingerprint density at radius 3 is 1.69 bits per heavy atom. The molecule has 0 saturated carbocycles. The highest BCUT2D eigenvalue weighted by Crippen LogP contribution is 2.30. The van der Waals surface area contributed by atoms with E-state index in [1.807, 2.05) is 12.1 Å². The van der Waals surface area contributed by atoms with Crippen molar-refractivity contribution >= 4 is 5.69 Å². The summed E-state index contributed by atoms with van der Waals surface area (Å²) in [6.45, 7) is 8.44. The largest absolute Gasteiger partial charge is 0.398 e. The molecule has 1 aromatic heterocycles. The number of nitrogens with zero attached hydrogens (tertiary/aromatic N) is 1. The fraction of sp³-hybridized carbons (Fsp3) is 0.286. The number of benzene rings is 1. The Labute approximate surface area is 96.7 Å². The maximum absolute atomic E-state index is 6.10. The molecule has 0 fully saturated rings. The van der Waals surface area contributed by atoms with Gasteiger partial charge in [-0.05, 0) is 62.1 Å². The van der Waals surface area contributed by atoms with Gasteiger partial charge in [0.1, 0.15) is 0 Å². The molecule has 2 nitrogen and oxygen atoms in total. The number of nitrogens with two attached hydrogens (primary N) is 1. The average molecular weight is 214 g/mol. The fourth-order valence-corrected chi connectivity index (χ4v) is 2.19. The highest BCUT2D eigenvalue weighted by Gasteiger charge is 2.13. The van der Waals surface area contributed by atoms with Gasteiger partial charge in [0.15, 0.2) is 0 Å². The van der Waals surface area contributed by atoms with E-state index in [-0.39, 0.29) is 0 Å². The molecule has 0 radical (unpaired) electrons. The molecule has 16 heavy (non-hydrogen) atoms. The van der Waals surface area contributed by atoms with Gasteiger partial charge in [0.05, 0.1) is 5.69 Å². The highest BCUT2D eigenvalue weighted by molar-refractivity contribution is 5.67. The first-order valence-electron chi connectivity index (χ1n) is 5.53. The lowest BCUT2D eigenvalue weighted by Crippen LogP contribution is -2.06. The first-order chi connectivity index (χ1) is 7.54. The van der Waals surface area contributed by atoms with E-state index in [9.17, 15) is 0 Å². The van der Waals surface area contributed by atoms with Crippen LogP contribution in [-0.4, -0.2) is 4.57 Å². The summed E-state index contributed by atoms with van der Waals surface area (Å²) in [5.41, 5.74) is 13.2. The Hall–Kier alpha value is -1.70. The molecule has 84 valence electrons. The summed E-state index contributed by atoms with van der Waals surface area (Å²) in [6.07, 6.45) is 4.15. The van der Waals surface area contributed by atoms with E-state index in [0.717, 1.165) is 5.69 Å². The number of nitrogen functional groups attached to an aromatic ring is 1. The minimum Gasteiger partial charge on any atom is -0.398 e. The third kappa shape index (κ3) is 1.42. The predicted molar refractivity (Wildman–Crippen MR) is 69.1 cm³/mol. The molecular formula is C14H18N2. The summed E-state index contributed by atoms with van der Waals surface area (Å²) in [7, 11) is 0. The molecule has 0 aliphatic carbocycles. The molecule has 1 heterocycles. The zero-order valence-corrected chi connectivity index (χ0v) is 10.3. The van der Waals surface area contributed by atoms with Crippen LogP contribution in [0.4, 0.5) is 5.69 Å². The SMILES string of the molecule is Cc1c(C)c(-n2cccc2)c(C)c(C)c1N. The van der Waals surface area contributed by atoms with Crippen LogP contribution in [0.25, 0.3) is 5.69 Å². The third-order valence-corrected chi connectivity index (χ3v) is 3.51. The van der Waals surface area contributed by atoms with Crippen LogP contribution >= 0.6 is 0 Å². The smallest absolute Gasteiger partial charge is 0.0514 e. The van der Waals surface area contributed by atoms with Gasteiger partial charge in [-0.1, -0.05) is 0 Å². The van der Waals surface area contributed by atoms with Gasteiger partial charge in [0.2, 0.25) is 0 Å². The minimum absolute atomic E-state index is 0.922. The summed E-state index contributed by atoms with van der Waals surface area (Å²) in [6, 6.07) is 4.08. The Morgan fingerprint density at radius 1 is 0.812 bits per heavy atom. The van der Waals surface area contributed by atoms with E-state index < -0.39 is 0 Å². The van der Waals surface area contributed by atoms with Gasteiger partial charge >= 0.3 is 0 Å².